The number of benzene rings is 1. The molecule has 0 saturated carbocycles. The zero-order valence-electron chi connectivity index (χ0n) is 15.7. The van der Waals surface area contributed by atoms with Gasteiger partial charge in [0.15, 0.2) is 5.96 Å². The summed E-state index contributed by atoms with van der Waals surface area (Å²) in [5, 5.41) is 3.29. The molecule has 1 aromatic carbocycles. The average Bonchev–Trinajstić information content (AvgIpc) is 2.93. The second kappa shape index (κ2) is 10.4. The molecule has 0 aliphatic carbocycles. The number of rotatable bonds is 6. The number of halogens is 2. The summed E-state index contributed by atoms with van der Waals surface area (Å²) in [5.74, 6) is 0.759. The fourth-order valence-corrected chi connectivity index (χ4v) is 3.81. The van der Waals surface area contributed by atoms with Crippen molar-refractivity contribution in [3.8, 4) is 0 Å². The van der Waals surface area contributed by atoms with Crippen LogP contribution in [0.4, 0.5) is 0 Å². The smallest absolute Gasteiger partial charge is 0.240 e. The molecule has 0 aliphatic heterocycles. The van der Waals surface area contributed by atoms with Gasteiger partial charge < -0.3 is 14.8 Å². The average molecular weight is 570 g/mol. The number of hydrogen-bond donors (Lipinski definition) is 2. The maximum Gasteiger partial charge on any atom is 0.240 e. The van der Waals surface area contributed by atoms with Crippen LogP contribution >= 0.6 is 39.9 Å². The minimum Gasteiger partial charge on any atom is -0.352 e. The van der Waals surface area contributed by atoms with Crippen molar-refractivity contribution >= 4 is 55.9 Å². The van der Waals surface area contributed by atoms with E-state index in [0.717, 1.165) is 21.7 Å². The number of guanidine groups is 1. The third kappa shape index (κ3) is 6.47. The fourth-order valence-electron chi connectivity index (χ4n) is 2.51. The predicted molar refractivity (Wildman–Crippen MR) is 123 cm³/mol. The van der Waals surface area contributed by atoms with Crippen molar-refractivity contribution in [2.75, 3.05) is 21.1 Å². The molecule has 150 valence electrons. The lowest BCUT2D eigenvalue weighted by atomic mass is 10.2. The fraction of sp³-hybridized carbons (Fsp3) is 0.353. The lowest BCUT2D eigenvalue weighted by Gasteiger charge is -2.22. The summed E-state index contributed by atoms with van der Waals surface area (Å²) in [5.41, 5.74) is 2.13. The summed E-state index contributed by atoms with van der Waals surface area (Å²) in [6.07, 6.45) is 2.01. The van der Waals surface area contributed by atoms with E-state index in [9.17, 15) is 8.42 Å². The first-order valence-electron chi connectivity index (χ1n) is 8.02. The molecule has 1 aromatic heterocycles. The Morgan fingerprint density at radius 1 is 1.30 bits per heavy atom. The Hall–Kier alpha value is -1.11. The van der Waals surface area contributed by atoms with Gasteiger partial charge in [-0.15, -0.1) is 24.0 Å². The Balaban J connectivity index is 0.00000364. The van der Waals surface area contributed by atoms with Gasteiger partial charge in [0.05, 0.1) is 11.4 Å². The highest BCUT2D eigenvalue weighted by atomic mass is 127. The Morgan fingerprint density at radius 2 is 1.93 bits per heavy atom. The first-order chi connectivity index (χ1) is 12.3. The highest BCUT2D eigenvalue weighted by Crippen LogP contribution is 2.15. The standard InChI is InChI=1S/C17H24BrN5O2S.HI/c1-19-17(23(4)12-15-9-14(18)11-22(15)3)21-10-13-5-7-16(8-6-13)26(24,25)20-2;/h5-9,11,20H,10,12H2,1-4H3,(H,19,21);1H. The molecule has 0 spiro atoms. The van der Waals surface area contributed by atoms with Gasteiger partial charge in [-0.05, 0) is 46.7 Å². The molecule has 2 aromatic rings. The Kier molecular flexibility index (Phi) is 9.25. The molecule has 1 heterocycles. The van der Waals surface area contributed by atoms with E-state index in [1.54, 1.807) is 31.3 Å². The molecule has 0 bridgehead atoms. The number of aryl methyl sites for hydroxylation is 1. The van der Waals surface area contributed by atoms with Gasteiger partial charge >= 0.3 is 0 Å². The summed E-state index contributed by atoms with van der Waals surface area (Å²) in [4.78, 5) is 6.59. The molecule has 0 radical (unpaired) electrons. The van der Waals surface area contributed by atoms with Gasteiger partial charge in [-0.2, -0.15) is 0 Å². The van der Waals surface area contributed by atoms with Crippen LogP contribution in [0.3, 0.4) is 0 Å². The van der Waals surface area contributed by atoms with Crippen LogP contribution in [0, 0.1) is 0 Å². The largest absolute Gasteiger partial charge is 0.352 e. The molecule has 7 nitrogen and oxygen atoms in total. The molecule has 0 amide bonds. The van der Waals surface area contributed by atoms with Crippen LogP contribution in [0.25, 0.3) is 0 Å². The van der Waals surface area contributed by atoms with Gasteiger partial charge in [0, 0.05) is 44.1 Å². The van der Waals surface area contributed by atoms with E-state index < -0.39 is 10.0 Å². The van der Waals surface area contributed by atoms with Crippen LogP contribution in [-0.4, -0.2) is 45.0 Å². The van der Waals surface area contributed by atoms with Gasteiger partial charge in [-0.25, -0.2) is 13.1 Å². The van der Waals surface area contributed by atoms with E-state index in [2.05, 4.69) is 41.6 Å². The summed E-state index contributed by atoms with van der Waals surface area (Å²) in [7, 11) is 3.70. The summed E-state index contributed by atoms with van der Waals surface area (Å²) in [6.45, 7) is 1.26. The second-order valence-electron chi connectivity index (χ2n) is 5.87. The highest BCUT2D eigenvalue weighted by Gasteiger charge is 2.12. The Labute approximate surface area is 186 Å². The normalized spacial score (nSPS) is 11.8. The van der Waals surface area contributed by atoms with Crippen molar-refractivity contribution in [2.24, 2.45) is 12.0 Å². The monoisotopic (exact) mass is 569 g/mol. The van der Waals surface area contributed by atoms with Gasteiger partial charge in [-0.1, -0.05) is 12.1 Å². The van der Waals surface area contributed by atoms with Crippen LogP contribution in [0.2, 0.25) is 0 Å². The molecule has 0 aliphatic rings. The lowest BCUT2D eigenvalue weighted by Crippen LogP contribution is -2.38. The van der Waals surface area contributed by atoms with Gasteiger partial charge in [0.2, 0.25) is 10.0 Å². The van der Waals surface area contributed by atoms with Crippen LogP contribution in [0.5, 0.6) is 0 Å². The first kappa shape index (κ1) is 23.9. The Bertz CT molecular complexity index is 881. The van der Waals surface area contributed by atoms with Crippen LogP contribution < -0.4 is 10.0 Å². The van der Waals surface area contributed by atoms with Gasteiger partial charge in [-0.3, -0.25) is 4.99 Å². The van der Waals surface area contributed by atoms with Crippen LogP contribution in [0.15, 0.2) is 50.9 Å². The molecule has 27 heavy (non-hydrogen) atoms. The van der Waals surface area contributed by atoms with E-state index in [-0.39, 0.29) is 28.9 Å². The van der Waals surface area contributed by atoms with Crippen molar-refractivity contribution < 1.29 is 8.42 Å². The van der Waals surface area contributed by atoms with Gasteiger partial charge in [0.25, 0.3) is 0 Å². The minimum absolute atomic E-state index is 0. The number of nitrogens with zero attached hydrogens (tertiary/aromatic N) is 3. The number of nitrogens with one attached hydrogen (secondary N) is 2. The Morgan fingerprint density at radius 3 is 2.41 bits per heavy atom. The van der Waals surface area contributed by atoms with Crippen molar-refractivity contribution in [3.05, 3.63) is 52.3 Å². The maximum atomic E-state index is 11.8. The summed E-state index contributed by atoms with van der Waals surface area (Å²) in [6, 6.07) is 8.84. The quantitative estimate of drug-likeness (QED) is 0.318. The number of aromatic nitrogens is 1. The molecule has 10 heteroatoms. The van der Waals surface area contributed by atoms with Crippen LogP contribution in [-0.2, 0) is 30.2 Å². The van der Waals surface area contributed by atoms with Crippen molar-refractivity contribution in [1.82, 2.24) is 19.5 Å². The summed E-state index contributed by atoms with van der Waals surface area (Å²) >= 11 is 3.48. The molecule has 2 N–H and O–H groups in total. The SMILES string of the molecule is CN=C(NCc1ccc(S(=O)(=O)NC)cc1)N(C)Cc1cc(Br)cn1C.I. The molecule has 2 rings (SSSR count). The molecule has 0 atom stereocenters. The molecule has 0 fully saturated rings. The molecule has 0 unspecified atom stereocenters. The van der Waals surface area contributed by atoms with Crippen molar-refractivity contribution in [3.63, 3.8) is 0 Å². The topological polar surface area (TPSA) is 78.7 Å². The van der Waals surface area contributed by atoms with Crippen molar-refractivity contribution in [1.29, 1.82) is 0 Å². The third-order valence-electron chi connectivity index (χ3n) is 4.00. The van der Waals surface area contributed by atoms with E-state index >= 15 is 0 Å². The molecular weight excluding hydrogens is 545 g/mol. The van der Waals surface area contributed by atoms with Crippen molar-refractivity contribution in [2.45, 2.75) is 18.0 Å². The number of aliphatic imine (C=N–C) groups is 1. The molecular formula is C17H25BrIN5O2S. The van der Waals surface area contributed by atoms with E-state index in [1.807, 2.05) is 25.2 Å². The highest BCUT2D eigenvalue weighted by molar-refractivity contribution is 14.0. The first-order valence-corrected chi connectivity index (χ1v) is 10.3. The zero-order chi connectivity index (χ0) is 19.3. The molecule has 0 saturated heterocycles. The predicted octanol–water partition coefficient (Wildman–Crippen LogP) is 2.52. The van der Waals surface area contributed by atoms with E-state index in [1.165, 1.54) is 7.05 Å². The maximum absolute atomic E-state index is 11.8. The van der Waals surface area contributed by atoms with E-state index in [4.69, 9.17) is 0 Å². The number of hydrogen-bond acceptors (Lipinski definition) is 3. The lowest BCUT2D eigenvalue weighted by molar-refractivity contribution is 0.461. The second-order valence-corrected chi connectivity index (χ2v) is 8.67. The summed E-state index contributed by atoms with van der Waals surface area (Å²) < 4.78 is 28.9. The van der Waals surface area contributed by atoms with Gasteiger partial charge in [0.1, 0.15) is 0 Å². The number of sulfonamides is 1. The van der Waals surface area contributed by atoms with E-state index in [0.29, 0.717) is 13.1 Å². The minimum atomic E-state index is -3.41. The van der Waals surface area contributed by atoms with Crippen LogP contribution in [0.1, 0.15) is 11.3 Å². The zero-order valence-corrected chi connectivity index (χ0v) is 20.5. The third-order valence-corrected chi connectivity index (χ3v) is 5.86.